The van der Waals surface area contributed by atoms with E-state index in [-0.39, 0.29) is 5.11 Å². The molecule has 1 aromatic carbocycles. The molecule has 1 aliphatic rings. The average Bonchev–Trinajstić information content (AvgIpc) is 3.40. The third-order valence-corrected chi connectivity index (χ3v) is 7.88. The number of amides is 1. The molecule has 2 N–H and O–H groups in total. The molecule has 6 nitrogen and oxygen atoms in total. The maximum Gasteiger partial charge on any atom is 0.341 e. The molecule has 0 spiro atoms. The zero-order valence-corrected chi connectivity index (χ0v) is 19.3. The zero-order valence-electron chi connectivity index (χ0n) is 16.1. The number of esters is 1. The molecule has 30 heavy (non-hydrogen) atoms. The van der Waals surface area contributed by atoms with Gasteiger partial charge < -0.3 is 14.8 Å². The molecule has 3 aromatic rings. The average molecular weight is 481 g/mol. The molecular weight excluding hydrogens is 464 g/mol. The molecule has 0 fully saturated rings. The van der Waals surface area contributed by atoms with E-state index in [1.54, 1.807) is 13.2 Å². The molecule has 2 heterocycles. The SMILES string of the molecule is COC(=O)c1c(NC(=S)NC(=O)c2sc3cc(OC)ccc3c2Cl)sc2c1CCC2. The van der Waals surface area contributed by atoms with Crippen LogP contribution in [0.3, 0.4) is 0 Å². The molecule has 0 saturated heterocycles. The quantitative estimate of drug-likeness (QED) is 0.403. The van der Waals surface area contributed by atoms with E-state index >= 15 is 0 Å². The highest BCUT2D eigenvalue weighted by atomic mass is 35.5. The van der Waals surface area contributed by atoms with Crippen LogP contribution in [-0.2, 0) is 17.6 Å². The maximum absolute atomic E-state index is 12.8. The predicted molar refractivity (Wildman–Crippen MR) is 125 cm³/mol. The van der Waals surface area contributed by atoms with Crippen LogP contribution in [0, 0.1) is 0 Å². The number of aryl methyl sites for hydroxylation is 1. The topological polar surface area (TPSA) is 76.7 Å². The molecule has 1 amide bonds. The number of carbonyl (C=O) groups is 2. The maximum atomic E-state index is 12.8. The molecule has 156 valence electrons. The first-order valence-corrected chi connectivity index (χ1v) is 11.5. The number of anilines is 1. The molecule has 0 bridgehead atoms. The number of thiocarbonyl (C=S) groups is 1. The first kappa shape index (κ1) is 21.0. The Kier molecular flexibility index (Phi) is 5.97. The third kappa shape index (κ3) is 3.78. The number of nitrogens with one attached hydrogen (secondary N) is 2. The van der Waals surface area contributed by atoms with Crippen LogP contribution in [0.2, 0.25) is 5.02 Å². The van der Waals surface area contributed by atoms with Crippen molar-refractivity contribution in [3.63, 3.8) is 0 Å². The number of methoxy groups -OCH3 is 2. The summed E-state index contributed by atoms with van der Waals surface area (Å²) in [5.41, 5.74) is 1.50. The van der Waals surface area contributed by atoms with Gasteiger partial charge in [0.1, 0.15) is 15.6 Å². The van der Waals surface area contributed by atoms with Gasteiger partial charge in [-0.25, -0.2) is 4.79 Å². The third-order valence-electron chi connectivity index (χ3n) is 4.81. The summed E-state index contributed by atoms with van der Waals surface area (Å²) in [5.74, 6) is -0.139. The van der Waals surface area contributed by atoms with Crippen LogP contribution in [0.25, 0.3) is 10.1 Å². The van der Waals surface area contributed by atoms with Crippen LogP contribution in [0.4, 0.5) is 5.00 Å². The van der Waals surface area contributed by atoms with Crippen molar-refractivity contribution in [3.05, 3.63) is 44.1 Å². The van der Waals surface area contributed by atoms with Gasteiger partial charge >= 0.3 is 5.97 Å². The van der Waals surface area contributed by atoms with Gasteiger partial charge in [-0.15, -0.1) is 22.7 Å². The van der Waals surface area contributed by atoms with Crippen molar-refractivity contribution in [1.82, 2.24) is 5.32 Å². The van der Waals surface area contributed by atoms with Crippen molar-refractivity contribution in [3.8, 4) is 5.75 Å². The standard InChI is InChI=1S/C20H17ClN2O4S3/c1-26-9-6-7-11-13(8-9)29-16(15(11)21)17(24)22-20(28)23-18-14(19(25)27-2)10-4-3-5-12(10)30-18/h6-8H,3-5H2,1-2H3,(H2,22,23,24,28). The number of rotatable bonds is 4. The first-order chi connectivity index (χ1) is 14.4. The van der Waals surface area contributed by atoms with E-state index < -0.39 is 11.9 Å². The smallest absolute Gasteiger partial charge is 0.341 e. The largest absolute Gasteiger partial charge is 0.497 e. The van der Waals surface area contributed by atoms with Gasteiger partial charge in [0.25, 0.3) is 5.91 Å². The van der Waals surface area contributed by atoms with Crippen LogP contribution < -0.4 is 15.4 Å². The summed E-state index contributed by atoms with van der Waals surface area (Å²) in [4.78, 5) is 26.5. The molecule has 0 unspecified atom stereocenters. The van der Waals surface area contributed by atoms with Gasteiger partial charge in [0, 0.05) is 15.0 Å². The normalized spacial score (nSPS) is 12.5. The lowest BCUT2D eigenvalue weighted by Crippen LogP contribution is -2.34. The van der Waals surface area contributed by atoms with E-state index in [1.165, 1.54) is 29.8 Å². The van der Waals surface area contributed by atoms with Crippen molar-refractivity contribution in [2.75, 3.05) is 19.5 Å². The number of benzene rings is 1. The number of carbonyl (C=O) groups excluding carboxylic acids is 2. The molecule has 0 aliphatic heterocycles. The Morgan fingerprint density at radius 2 is 2.00 bits per heavy atom. The van der Waals surface area contributed by atoms with Crippen molar-refractivity contribution < 1.29 is 19.1 Å². The van der Waals surface area contributed by atoms with Gasteiger partial charge in [0.15, 0.2) is 5.11 Å². The van der Waals surface area contributed by atoms with Gasteiger partial charge in [0.2, 0.25) is 0 Å². The summed E-state index contributed by atoms with van der Waals surface area (Å²) in [6.07, 6.45) is 2.77. The summed E-state index contributed by atoms with van der Waals surface area (Å²) < 4.78 is 11.0. The van der Waals surface area contributed by atoms with Gasteiger partial charge in [-0.1, -0.05) is 11.6 Å². The van der Waals surface area contributed by atoms with Crippen molar-refractivity contribution in [1.29, 1.82) is 0 Å². The Morgan fingerprint density at radius 3 is 2.73 bits per heavy atom. The Bertz CT molecular complexity index is 1180. The van der Waals surface area contributed by atoms with Gasteiger partial charge in [-0.05, 0) is 55.2 Å². The zero-order chi connectivity index (χ0) is 21.4. The molecule has 1 aliphatic carbocycles. The number of ether oxygens (including phenoxy) is 2. The van der Waals surface area contributed by atoms with Crippen molar-refractivity contribution >= 4 is 78.6 Å². The van der Waals surface area contributed by atoms with Crippen molar-refractivity contribution in [2.45, 2.75) is 19.3 Å². The highest BCUT2D eigenvalue weighted by Gasteiger charge is 2.28. The number of halogens is 1. The number of hydrogen-bond donors (Lipinski definition) is 2. The van der Waals surface area contributed by atoms with Gasteiger partial charge in [-0.3, -0.25) is 10.1 Å². The van der Waals surface area contributed by atoms with Gasteiger partial charge in [-0.2, -0.15) is 0 Å². The fourth-order valence-electron chi connectivity index (χ4n) is 3.42. The first-order valence-electron chi connectivity index (χ1n) is 9.04. The Balaban J connectivity index is 1.54. The van der Waals surface area contributed by atoms with E-state index in [4.69, 9.17) is 33.3 Å². The van der Waals surface area contributed by atoms with Gasteiger partial charge in [0.05, 0.1) is 24.8 Å². The molecule has 0 saturated carbocycles. The highest BCUT2D eigenvalue weighted by Crippen LogP contribution is 2.40. The molecule has 0 atom stereocenters. The minimum atomic E-state index is -0.415. The van der Waals surface area contributed by atoms with Crippen molar-refractivity contribution in [2.24, 2.45) is 0 Å². The minimum absolute atomic E-state index is 0.0937. The van der Waals surface area contributed by atoms with E-state index in [2.05, 4.69) is 10.6 Å². The monoisotopic (exact) mass is 480 g/mol. The second kappa shape index (κ2) is 8.50. The summed E-state index contributed by atoms with van der Waals surface area (Å²) in [6, 6.07) is 5.43. The molecule has 4 rings (SSSR count). The summed E-state index contributed by atoms with van der Waals surface area (Å²) >= 11 is 14.5. The van der Waals surface area contributed by atoms with Crippen LogP contribution >= 0.6 is 46.5 Å². The lowest BCUT2D eigenvalue weighted by molar-refractivity contribution is 0.0601. The van der Waals surface area contributed by atoms with Crippen LogP contribution in [-0.4, -0.2) is 31.2 Å². The van der Waals surface area contributed by atoms with E-state index in [1.807, 2.05) is 12.1 Å². The molecule has 2 aromatic heterocycles. The van der Waals surface area contributed by atoms with E-state index in [9.17, 15) is 9.59 Å². The Hall–Kier alpha value is -2.20. The molecule has 0 radical (unpaired) electrons. The Morgan fingerprint density at radius 1 is 1.20 bits per heavy atom. The second-order valence-corrected chi connectivity index (χ2v) is 9.51. The second-order valence-electron chi connectivity index (χ2n) is 6.57. The van der Waals surface area contributed by atoms with E-state index in [0.29, 0.717) is 26.2 Å². The minimum Gasteiger partial charge on any atom is -0.497 e. The lowest BCUT2D eigenvalue weighted by Gasteiger charge is -2.10. The fraction of sp³-hybridized carbons (Fsp3) is 0.250. The molecular formula is C20H17ClN2O4S3. The lowest BCUT2D eigenvalue weighted by atomic mass is 10.1. The predicted octanol–water partition coefficient (Wildman–Crippen LogP) is 5.03. The fourth-order valence-corrected chi connectivity index (χ4v) is 6.40. The number of fused-ring (bicyclic) bond motifs is 2. The van der Waals surface area contributed by atoms with E-state index in [0.717, 1.165) is 39.8 Å². The summed E-state index contributed by atoms with van der Waals surface area (Å²) in [5, 5.41) is 7.46. The highest BCUT2D eigenvalue weighted by molar-refractivity contribution is 7.80. The van der Waals surface area contributed by atoms with Crippen LogP contribution in [0.15, 0.2) is 18.2 Å². The molecule has 10 heteroatoms. The van der Waals surface area contributed by atoms with Crippen LogP contribution in [0.1, 0.15) is 36.9 Å². The summed E-state index contributed by atoms with van der Waals surface area (Å²) in [6.45, 7) is 0. The van der Waals surface area contributed by atoms with Crippen LogP contribution in [0.5, 0.6) is 5.75 Å². The Labute approximate surface area is 191 Å². The number of hydrogen-bond acceptors (Lipinski definition) is 7. The summed E-state index contributed by atoms with van der Waals surface area (Å²) in [7, 11) is 2.93. The number of thiophene rings is 2.